The lowest BCUT2D eigenvalue weighted by atomic mass is 10.1. The first kappa shape index (κ1) is 12.4. The molecule has 15 heavy (non-hydrogen) atoms. The van der Waals surface area contributed by atoms with Crippen molar-refractivity contribution >= 4 is 19.7 Å². The van der Waals surface area contributed by atoms with Crippen LogP contribution in [0.4, 0.5) is 8.78 Å². The molecule has 1 aromatic rings. The van der Waals surface area contributed by atoms with Crippen molar-refractivity contribution in [2.45, 2.75) is 13.3 Å². The number of rotatable bonds is 3. The van der Waals surface area contributed by atoms with Crippen LogP contribution in [0.25, 0.3) is 0 Å². The molecule has 1 rings (SSSR count). The summed E-state index contributed by atoms with van der Waals surface area (Å²) in [5.74, 6) is -1.94. The van der Waals surface area contributed by atoms with E-state index in [1.807, 2.05) is 0 Å². The number of benzene rings is 1. The van der Waals surface area contributed by atoms with Crippen LogP contribution in [0.2, 0.25) is 0 Å². The molecule has 0 N–H and O–H groups in total. The van der Waals surface area contributed by atoms with Crippen LogP contribution in [0.3, 0.4) is 0 Å². The fourth-order valence-corrected chi connectivity index (χ4v) is 1.85. The minimum absolute atomic E-state index is 0.237. The van der Waals surface area contributed by atoms with Gasteiger partial charge in [0.2, 0.25) is 9.05 Å². The van der Waals surface area contributed by atoms with E-state index < -0.39 is 26.4 Å². The highest BCUT2D eigenvalue weighted by Gasteiger charge is 2.14. The van der Waals surface area contributed by atoms with Gasteiger partial charge in [-0.3, -0.25) is 0 Å². The van der Waals surface area contributed by atoms with Crippen LogP contribution < -0.4 is 0 Å². The minimum atomic E-state index is -3.73. The van der Waals surface area contributed by atoms with E-state index in [1.54, 1.807) is 0 Å². The van der Waals surface area contributed by atoms with E-state index in [0.717, 1.165) is 6.07 Å². The SMILES string of the molecule is Cc1ccc(F)c(CCS(=O)(=O)Cl)c1F. The molecule has 0 saturated carbocycles. The molecule has 0 aliphatic heterocycles. The summed E-state index contributed by atoms with van der Waals surface area (Å²) >= 11 is 0. The maximum Gasteiger partial charge on any atom is 0.232 e. The van der Waals surface area contributed by atoms with Gasteiger partial charge in [-0.15, -0.1) is 0 Å². The minimum Gasteiger partial charge on any atom is -0.212 e. The third-order valence-corrected chi connectivity index (χ3v) is 3.13. The van der Waals surface area contributed by atoms with E-state index >= 15 is 0 Å². The van der Waals surface area contributed by atoms with Crippen molar-refractivity contribution in [2.24, 2.45) is 0 Å². The molecule has 6 heteroatoms. The molecule has 2 nitrogen and oxygen atoms in total. The van der Waals surface area contributed by atoms with Crippen molar-refractivity contribution in [3.8, 4) is 0 Å². The van der Waals surface area contributed by atoms with Gasteiger partial charge in [0, 0.05) is 16.2 Å². The van der Waals surface area contributed by atoms with Gasteiger partial charge in [0.1, 0.15) is 11.6 Å². The normalized spacial score (nSPS) is 11.7. The van der Waals surface area contributed by atoms with E-state index in [1.165, 1.54) is 13.0 Å². The summed E-state index contributed by atoms with van der Waals surface area (Å²) < 4.78 is 47.8. The Labute approximate surface area is 91.3 Å². The van der Waals surface area contributed by atoms with Gasteiger partial charge in [0.05, 0.1) is 5.75 Å². The molecule has 0 aliphatic carbocycles. The van der Waals surface area contributed by atoms with E-state index in [4.69, 9.17) is 10.7 Å². The predicted molar refractivity (Wildman–Crippen MR) is 54.4 cm³/mol. The van der Waals surface area contributed by atoms with Gasteiger partial charge in [-0.2, -0.15) is 0 Å². The second-order valence-electron chi connectivity index (χ2n) is 3.15. The Morgan fingerprint density at radius 1 is 1.33 bits per heavy atom. The molecule has 0 fully saturated rings. The molecule has 0 unspecified atom stereocenters. The maximum absolute atomic E-state index is 13.4. The highest BCUT2D eigenvalue weighted by atomic mass is 35.7. The number of hydrogen-bond acceptors (Lipinski definition) is 2. The average Bonchev–Trinajstić information content (AvgIpc) is 2.10. The Kier molecular flexibility index (Phi) is 3.67. The monoisotopic (exact) mass is 254 g/mol. The summed E-state index contributed by atoms with van der Waals surface area (Å²) in [5, 5.41) is 0. The van der Waals surface area contributed by atoms with Gasteiger partial charge in [0.15, 0.2) is 0 Å². The summed E-state index contributed by atoms with van der Waals surface area (Å²) in [5.41, 5.74) is 0.0394. The highest BCUT2D eigenvalue weighted by Crippen LogP contribution is 2.17. The molecule has 84 valence electrons. The molecular formula is C9H9ClF2O2S. The number of halogens is 3. The standard InChI is InChI=1S/C9H9ClF2O2S/c1-6-2-3-8(11)7(9(6)12)4-5-15(10,13)14/h2-3H,4-5H2,1H3. The highest BCUT2D eigenvalue weighted by molar-refractivity contribution is 8.13. The zero-order valence-corrected chi connectivity index (χ0v) is 9.50. The van der Waals surface area contributed by atoms with Crippen molar-refractivity contribution in [2.75, 3.05) is 5.75 Å². The maximum atomic E-state index is 13.4. The fraction of sp³-hybridized carbons (Fsp3) is 0.333. The summed E-state index contributed by atoms with van der Waals surface area (Å²) in [6.45, 7) is 1.48. The zero-order chi connectivity index (χ0) is 11.6. The Morgan fingerprint density at radius 2 is 1.93 bits per heavy atom. The Hall–Kier alpha value is -0.680. The van der Waals surface area contributed by atoms with Crippen LogP contribution in [0.5, 0.6) is 0 Å². The van der Waals surface area contributed by atoms with Crippen LogP contribution in [0.1, 0.15) is 11.1 Å². The summed E-state index contributed by atoms with van der Waals surface area (Å²) in [6, 6.07) is 2.40. The van der Waals surface area contributed by atoms with Crippen molar-refractivity contribution in [1.29, 1.82) is 0 Å². The van der Waals surface area contributed by atoms with Crippen LogP contribution in [-0.4, -0.2) is 14.2 Å². The summed E-state index contributed by atoms with van der Waals surface area (Å²) in [4.78, 5) is 0. The summed E-state index contributed by atoms with van der Waals surface area (Å²) in [6.07, 6.45) is -0.259. The Morgan fingerprint density at radius 3 is 2.47 bits per heavy atom. The lowest BCUT2D eigenvalue weighted by Gasteiger charge is -2.05. The lowest BCUT2D eigenvalue weighted by Crippen LogP contribution is -2.06. The fourth-order valence-electron chi connectivity index (χ4n) is 1.17. The van der Waals surface area contributed by atoms with E-state index in [-0.39, 0.29) is 17.5 Å². The van der Waals surface area contributed by atoms with Gasteiger partial charge in [-0.1, -0.05) is 6.07 Å². The first-order valence-electron chi connectivity index (χ1n) is 4.17. The van der Waals surface area contributed by atoms with Crippen molar-refractivity contribution in [3.63, 3.8) is 0 Å². The van der Waals surface area contributed by atoms with Gasteiger partial charge in [-0.05, 0) is 25.0 Å². The molecule has 1 aromatic carbocycles. The largest absolute Gasteiger partial charge is 0.232 e. The molecule has 0 radical (unpaired) electrons. The Bertz CT molecular complexity index is 471. The molecule has 0 aliphatic rings. The molecule has 0 atom stereocenters. The molecular weight excluding hydrogens is 246 g/mol. The van der Waals surface area contributed by atoms with Crippen LogP contribution in [0.15, 0.2) is 12.1 Å². The van der Waals surface area contributed by atoms with Crippen LogP contribution in [-0.2, 0) is 15.5 Å². The van der Waals surface area contributed by atoms with Gasteiger partial charge < -0.3 is 0 Å². The lowest BCUT2D eigenvalue weighted by molar-refractivity contribution is 0.552. The first-order chi connectivity index (χ1) is 6.81. The molecule has 0 amide bonds. The molecule has 0 spiro atoms. The number of hydrogen-bond donors (Lipinski definition) is 0. The van der Waals surface area contributed by atoms with Crippen molar-refractivity contribution in [3.05, 3.63) is 34.9 Å². The van der Waals surface area contributed by atoms with Gasteiger partial charge in [-0.25, -0.2) is 17.2 Å². The van der Waals surface area contributed by atoms with Crippen LogP contribution >= 0.6 is 10.7 Å². The molecule has 0 heterocycles. The molecule has 0 aromatic heterocycles. The predicted octanol–water partition coefficient (Wildman–Crippen LogP) is 2.38. The third-order valence-electron chi connectivity index (χ3n) is 1.97. The van der Waals surface area contributed by atoms with E-state index in [9.17, 15) is 17.2 Å². The Balaban J connectivity index is 2.99. The topological polar surface area (TPSA) is 34.1 Å². The van der Waals surface area contributed by atoms with Crippen molar-refractivity contribution in [1.82, 2.24) is 0 Å². The first-order valence-corrected chi connectivity index (χ1v) is 6.65. The van der Waals surface area contributed by atoms with Crippen molar-refractivity contribution < 1.29 is 17.2 Å². The van der Waals surface area contributed by atoms with E-state index in [2.05, 4.69) is 0 Å². The quantitative estimate of drug-likeness (QED) is 0.776. The van der Waals surface area contributed by atoms with Crippen LogP contribution in [0, 0.1) is 18.6 Å². The molecule has 0 saturated heterocycles. The second kappa shape index (κ2) is 4.45. The summed E-state index contributed by atoms with van der Waals surface area (Å²) in [7, 11) is 1.23. The number of aryl methyl sites for hydroxylation is 1. The average molecular weight is 255 g/mol. The van der Waals surface area contributed by atoms with E-state index in [0.29, 0.717) is 0 Å². The third kappa shape index (κ3) is 3.43. The smallest absolute Gasteiger partial charge is 0.212 e. The van der Waals surface area contributed by atoms with Gasteiger partial charge >= 0.3 is 0 Å². The second-order valence-corrected chi connectivity index (χ2v) is 6.05. The molecule has 0 bridgehead atoms. The zero-order valence-electron chi connectivity index (χ0n) is 7.93. The van der Waals surface area contributed by atoms with Gasteiger partial charge in [0.25, 0.3) is 0 Å².